The fourth-order valence-corrected chi connectivity index (χ4v) is 1.36. The average molecular weight is 217 g/mol. The molecule has 0 unspecified atom stereocenters. The lowest BCUT2D eigenvalue weighted by molar-refractivity contribution is 0.461. The van der Waals surface area contributed by atoms with E-state index in [1.165, 1.54) is 0 Å². The number of hydrogen-bond donors (Lipinski definition) is 1. The van der Waals surface area contributed by atoms with Crippen LogP contribution in [0.5, 0.6) is 11.6 Å². The maximum atomic E-state index is 10.4. The van der Waals surface area contributed by atoms with Crippen molar-refractivity contribution in [3.8, 4) is 11.6 Å². The van der Waals surface area contributed by atoms with Crippen LogP contribution < -0.4 is 4.74 Å². The first-order valence-electron chi connectivity index (χ1n) is 4.83. The Morgan fingerprint density at radius 2 is 2.12 bits per heavy atom. The highest BCUT2D eigenvalue weighted by Crippen LogP contribution is 2.26. The van der Waals surface area contributed by atoms with Gasteiger partial charge in [-0.05, 0) is 42.8 Å². The smallest absolute Gasteiger partial charge is 0.238 e. The van der Waals surface area contributed by atoms with E-state index in [0.717, 1.165) is 11.3 Å². The summed E-state index contributed by atoms with van der Waals surface area (Å²) >= 11 is 0. The Morgan fingerprint density at radius 1 is 1.31 bits per heavy atom. The standard InChI is InChI=1S/C11H11N3O2/c1-7-5-9(3-4-10(7)14-15)16-11-6-8(2)12-13-11/h3-6H,1-2H3,(H,12,13). The van der Waals surface area contributed by atoms with Crippen LogP contribution in [0, 0.1) is 18.8 Å². The number of aromatic amines is 1. The van der Waals surface area contributed by atoms with Gasteiger partial charge in [-0.1, -0.05) is 0 Å². The summed E-state index contributed by atoms with van der Waals surface area (Å²) in [6.07, 6.45) is 0. The molecule has 0 aliphatic carbocycles. The van der Waals surface area contributed by atoms with Crippen molar-refractivity contribution in [3.05, 3.63) is 40.4 Å². The largest absolute Gasteiger partial charge is 0.438 e. The zero-order valence-electron chi connectivity index (χ0n) is 9.02. The number of nitrogens with one attached hydrogen (secondary N) is 1. The van der Waals surface area contributed by atoms with Crippen LogP contribution in [0.3, 0.4) is 0 Å². The van der Waals surface area contributed by atoms with E-state index in [2.05, 4.69) is 15.4 Å². The van der Waals surface area contributed by atoms with Crippen molar-refractivity contribution in [2.24, 2.45) is 5.18 Å². The zero-order valence-corrected chi connectivity index (χ0v) is 9.02. The Kier molecular flexibility index (Phi) is 2.68. The lowest BCUT2D eigenvalue weighted by Gasteiger charge is -2.03. The van der Waals surface area contributed by atoms with Crippen LogP contribution in [0.15, 0.2) is 29.4 Å². The summed E-state index contributed by atoms with van der Waals surface area (Å²) < 4.78 is 5.49. The number of rotatable bonds is 3. The van der Waals surface area contributed by atoms with E-state index >= 15 is 0 Å². The van der Waals surface area contributed by atoms with E-state index in [-0.39, 0.29) is 0 Å². The molecule has 0 bridgehead atoms. The number of hydrogen-bond acceptors (Lipinski definition) is 4. The van der Waals surface area contributed by atoms with E-state index in [0.29, 0.717) is 17.3 Å². The first kappa shape index (κ1) is 10.4. The molecular formula is C11H11N3O2. The molecule has 16 heavy (non-hydrogen) atoms. The maximum absolute atomic E-state index is 10.4. The third kappa shape index (κ3) is 2.08. The number of nitrogens with zero attached hydrogens (tertiary/aromatic N) is 2. The molecule has 0 fully saturated rings. The number of aryl methyl sites for hydroxylation is 2. The number of ether oxygens (including phenoxy) is 1. The summed E-state index contributed by atoms with van der Waals surface area (Å²) in [7, 11) is 0. The molecular weight excluding hydrogens is 206 g/mol. The minimum Gasteiger partial charge on any atom is -0.438 e. The molecule has 5 nitrogen and oxygen atoms in total. The van der Waals surface area contributed by atoms with Gasteiger partial charge in [0.25, 0.3) is 0 Å². The predicted octanol–water partition coefficient (Wildman–Crippen LogP) is 3.22. The third-order valence-electron chi connectivity index (χ3n) is 2.17. The fourth-order valence-electron chi connectivity index (χ4n) is 1.36. The van der Waals surface area contributed by atoms with Crippen molar-refractivity contribution in [2.45, 2.75) is 13.8 Å². The molecule has 2 rings (SSSR count). The van der Waals surface area contributed by atoms with Crippen molar-refractivity contribution >= 4 is 5.69 Å². The molecule has 2 aromatic rings. The van der Waals surface area contributed by atoms with E-state index in [9.17, 15) is 4.91 Å². The number of benzene rings is 1. The van der Waals surface area contributed by atoms with Crippen molar-refractivity contribution in [1.82, 2.24) is 10.2 Å². The van der Waals surface area contributed by atoms with Gasteiger partial charge in [-0.3, -0.25) is 5.10 Å². The number of aromatic nitrogens is 2. The monoisotopic (exact) mass is 217 g/mol. The van der Waals surface area contributed by atoms with Gasteiger partial charge in [-0.25, -0.2) is 0 Å². The molecule has 1 heterocycles. The Balaban J connectivity index is 2.22. The highest BCUT2D eigenvalue weighted by molar-refractivity contribution is 5.49. The molecule has 1 aromatic heterocycles. The fraction of sp³-hybridized carbons (Fsp3) is 0.182. The quantitative estimate of drug-likeness (QED) is 0.802. The van der Waals surface area contributed by atoms with Gasteiger partial charge >= 0.3 is 0 Å². The molecule has 5 heteroatoms. The Bertz CT molecular complexity index is 520. The van der Waals surface area contributed by atoms with Crippen LogP contribution >= 0.6 is 0 Å². The summed E-state index contributed by atoms with van der Waals surface area (Å²) in [5.41, 5.74) is 2.13. The molecule has 0 amide bonds. The molecule has 0 spiro atoms. The van der Waals surface area contributed by atoms with Gasteiger partial charge in [0.2, 0.25) is 5.88 Å². The van der Waals surface area contributed by atoms with E-state index in [1.54, 1.807) is 31.2 Å². The van der Waals surface area contributed by atoms with Gasteiger partial charge in [0.05, 0.1) is 0 Å². The van der Waals surface area contributed by atoms with Crippen LogP contribution in [0.2, 0.25) is 0 Å². The summed E-state index contributed by atoms with van der Waals surface area (Å²) in [5.74, 6) is 1.14. The Morgan fingerprint density at radius 3 is 2.69 bits per heavy atom. The third-order valence-corrected chi connectivity index (χ3v) is 2.17. The minimum absolute atomic E-state index is 0.422. The molecule has 0 saturated heterocycles. The van der Waals surface area contributed by atoms with Gasteiger partial charge in [0.15, 0.2) is 0 Å². The van der Waals surface area contributed by atoms with Crippen molar-refractivity contribution in [3.63, 3.8) is 0 Å². The first-order chi connectivity index (χ1) is 7.69. The Hall–Kier alpha value is -2.17. The van der Waals surface area contributed by atoms with E-state index in [4.69, 9.17) is 4.74 Å². The highest BCUT2D eigenvalue weighted by Gasteiger charge is 2.04. The second-order valence-corrected chi connectivity index (χ2v) is 3.53. The van der Waals surface area contributed by atoms with Crippen molar-refractivity contribution in [1.29, 1.82) is 0 Å². The van der Waals surface area contributed by atoms with Crippen LogP contribution in [0.4, 0.5) is 5.69 Å². The number of nitroso groups, excluding NO2 is 1. The van der Waals surface area contributed by atoms with Crippen LogP contribution in [0.25, 0.3) is 0 Å². The van der Waals surface area contributed by atoms with E-state index in [1.807, 2.05) is 6.92 Å². The normalized spacial score (nSPS) is 10.1. The van der Waals surface area contributed by atoms with Gasteiger partial charge in [-0.2, -0.15) is 0 Å². The molecule has 0 aliphatic rings. The molecule has 0 radical (unpaired) electrons. The predicted molar refractivity (Wildman–Crippen MR) is 60.0 cm³/mol. The minimum atomic E-state index is 0.422. The molecule has 0 aliphatic heterocycles. The highest BCUT2D eigenvalue weighted by atomic mass is 16.5. The summed E-state index contributed by atoms with van der Waals surface area (Å²) in [5, 5.41) is 9.63. The molecule has 0 atom stereocenters. The molecule has 82 valence electrons. The molecule has 1 N–H and O–H groups in total. The molecule has 0 saturated carbocycles. The van der Waals surface area contributed by atoms with Crippen molar-refractivity contribution in [2.75, 3.05) is 0 Å². The van der Waals surface area contributed by atoms with Crippen LogP contribution in [0.1, 0.15) is 11.3 Å². The lowest BCUT2D eigenvalue weighted by Crippen LogP contribution is -1.85. The van der Waals surface area contributed by atoms with Gasteiger partial charge in [-0.15, -0.1) is 10.0 Å². The first-order valence-corrected chi connectivity index (χ1v) is 4.83. The summed E-state index contributed by atoms with van der Waals surface area (Å²) in [4.78, 5) is 10.4. The van der Waals surface area contributed by atoms with E-state index < -0.39 is 0 Å². The summed E-state index contributed by atoms with van der Waals surface area (Å²) in [6, 6.07) is 6.85. The van der Waals surface area contributed by atoms with Crippen LogP contribution in [-0.2, 0) is 0 Å². The summed E-state index contributed by atoms with van der Waals surface area (Å²) in [6.45, 7) is 3.70. The average Bonchev–Trinajstić information content (AvgIpc) is 2.64. The van der Waals surface area contributed by atoms with Crippen molar-refractivity contribution < 1.29 is 4.74 Å². The van der Waals surface area contributed by atoms with Gasteiger partial charge in [0, 0.05) is 11.8 Å². The second kappa shape index (κ2) is 4.14. The maximum Gasteiger partial charge on any atom is 0.238 e. The topological polar surface area (TPSA) is 67.3 Å². The van der Waals surface area contributed by atoms with Gasteiger partial charge < -0.3 is 4.74 Å². The van der Waals surface area contributed by atoms with Crippen LogP contribution in [-0.4, -0.2) is 10.2 Å². The zero-order chi connectivity index (χ0) is 11.5. The molecule has 1 aromatic carbocycles. The van der Waals surface area contributed by atoms with Gasteiger partial charge in [0.1, 0.15) is 11.4 Å². The Labute approximate surface area is 92.4 Å². The second-order valence-electron chi connectivity index (χ2n) is 3.53. The lowest BCUT2D eigenvalue weighted by atomic mass is 10.2. The SMILES string of the molecule is Cc1cc(Oc2ccc(N=O)c(C)c2)n[nH]1. The number of H-pyrrole nitrogens is 1.